The number of hydrogen-bond donors (Lipinski definition) is 2. The summed E-state index contributed by atoms with van der Waals surface area (Å²) in [7, 11) is 0. The van der Waals surface area contributed by atoms with Crippen LogP contribution in [0.2, 0.25) is 0 Å². The number of aromatic nitrogens is 2. The number of hydrogen-bond acceptors (Lipinski definition) is 4. The van der Waals surface area contributed by atoms with Crippen LogP contribution < -0.4 is 10.6 Å². The van der Waals surface area contributed by atoms with Crippen LogP contribution in [0.25, 0.3) is 10.2 Å². The van der Waals surface area contributed by atoms with E-state index in [4.69, 9.17) is 0 Å². The SMILES string of the molecule is Cc1cccc(CNC(=O)Nc2nc3ccccc3s2)n1. The summed E-state index contributed by atoms with van der Waals surface area (Å²) in [6.45, 7) is 2.31. The van der Waals surface area contributed by atoms with Crippen molar-refractivity contribution in [2.75, 3.05) is 5.32 Å². The van der Waals surface area contributed by atoms with Gasteiger partial charge < -0.3 is 5.32 Å². The Morgan fingerprint density at radius 1 is 1.14 bits per heavy atom. The quantitative estimate of drug-likeness (QED) is 0.779. The lowest BCUT2D eigenvalue weighted by atomic mass is 10.3. The van der Waals surface area contributed by atoms with Crippen molar-refractivity contribution in [1.82, 2.24) is 15.3 Å². The zero-order valence-corrected chi connectivity index (χ0v) is 12.3. The minimum atomic E-state index is -0.280. The molecule has 2 heterocycles. The van der Waals surface area contributed by atoms with E-state index < -0.39 is 0 Å². The summed E-state index contributed by atoms with van der Waals surface area (Å²) in [6, 6.07) is 13.2. The largest absolute Gasteiger partial charge is 0.332 e. The number of fused-ring (bicyclic) bond motifs is 1. The molecule has 106 valence electrons. The van der Waals surface area contributed by atoms with Gasteiger partial charge in [0.1, 0.15) is 0 Å². The molecule has 2 amide bonds. The average molecular weight is 298 g/mol. The van der Waals surface area contributed by atoms with Crippen LogP contribution in [0.5, 0.6) is 0 Å². The second-order valence-corrected chi connectivity index (χ2v) is 5.60. The molecule has 0 bridgehead atoms. The molecule has 0 saturated heterocycles. The smallest absolute Gasteiger partial charge is 0.321 e. The van der Waals surface area contributed by atoms with Gasteiger partial charge in [-0.15, -0.1) is 0 Å². The Labute approximate surface area is 126 Å². The number of urea groups is 1. The second-order valence-electron chi connectivity index (χ2n) is 4.56. The molecule has 2 N–H and O–H groups in total. The zero-order valence-electron chi connectivity index (χ0n) is 11.5. The third-order valence-electron chi connectivity index (χ3n) is 2.89. The van der Waals surface area contributed by atoms with Crippen LogP contribution in [-0.4, -0.2) is 16.0 Å². The summed E-state index contributed by atoms with van der Waals surface area (Å²) in [6.07, 6.45) is 0. The van der Waals surface area contributed by atoms with Crippen LogP contribution in [0, 0.1) is 6.92 Å². The first-order valence-corrected chi connectivity index (χ1v) is 7.35. The molecule has 0 aliphatic heterocycles. The first-order chi connectivity index (χ1) is 10.2. The summed E-state index contributed by atoms with van der Waals surface area (Å²) in [5.74, 6) is 0. The van der Waals surface area contributed by atoms with Crippen molar-refractivity contribution in [3.05, 3.63) is 53.9 Å². The maximum atomic E-state index is 11.9. The minimum Gasteiger partial charge on any atom is -0.332 e. The monoisotopic (exact) mass is 298 g/mol. The predicted octanol–water partition coefficient (Wildman–Crippen LogP) is 3.32. The number of aryl methyl sites for hydroxylation is 1. The number of rotatable bonds is 3. The average Bonchev–Trinajstić information content (AvgIpc) is 2.87. The van der Waals surface area contributed by atoms with E-state index in [1.807, 2.05) is 49.4 Å². The van der Waals surface area contributed by atoms with Gasteiger partial charge in [-0.1, -0.05) is 29.5 Å². The number of nitrogens with zero attached hydrogens (tertiary/aromatic N) is 2. The number of benzene rings is 1. The van der Waals surface area contributed by atoms with Gasteiger partial charge in [0, 0.05) is 5.69 Å². The summed E-state index contributed by atoms with van der Waals surface area (Å²) >= 11 is 1.45. The highest BCUT2D eigenvalue weighted by Crippen LogP contribution is 2.25. The number of carbonyl (C=O) groups is 1. The van der Waals surface area contributed by atoms with Crippen molar-refractivity contribution < 1.29 is 4.79 Å². The molecule has 0 spiro atoms. The Morgan fingerprint density at radius 2 is 2.00 bits per heavy atom. The van der Waals surface area contributed by atoms with E-state index in [0.717, 1.165) is 21.6 Å². The van der Waals surface area contributed by atoms with Crippen LogP contribution in [0.3, 0.4) is 0 Å². The van der Waals surface area contributed by atoms with Gasteiger partial charge in [-0.2, -0.15) is 0 Å². The summed E-state index contributed by atoms with van der Waals surface area (Å²) < 4.78 is 1.05. The Morgan fingerprint density at radius 3 is 2.81 bits per heavy atom. The topological polar surface area (TPSA) is 66.9 Å². The molecular weight excluding hydrogens is 284 g/mol. The molecule has 0 saturated carbocycles. The molecule has 1 aromatic carbocycles. The number of anilines is 1. The molecule has 21 heavy (non-hydrogen) atoms. The molecular formula is C15H14N4OS. The fourth-order valence-corrected chi connectivity index (χ4v) is 2.80. The van der Waals surface area contributed by atoms with Crippen molar-refractivity contribution in [3.8, 4) is 0 Å². The van der Waals surface area contributed by atoms with Crippen LogP contribution in [0.15, 0.2) is 42.5 Å². The fraction of sp³-hybridized carbons (Fsp3) is 0.133. The van der Waals surface area contributed by atoms with Crippen molar-refractivity contribution in [1.29, 1.82) is 0 Å². The van der Waals surface area contributed by atoms with Gasteiger partial charge in [0.2, 0.25) is 0 Å². The third kappa shape index (κ3) is 3.35. The first-order valence-electron chi connectivity index (χ1n) is 6.54. The second kappa shape index (κ2) is 5.88. The van der Waals surface area contributed by atoms with Gasteiger partial charge in [-0.25, -0.2) is 9.78 Å². The summed E-state index contributed by atoms with van der Waals surface area (Å²) in [4.78, 5) is 20.5. The molecule has 0 atom stereocenters. The van der Waals surface area contributed by atoms with Crippen LogP contribution in [-0.2, 0) is 6.54 Å². The highest BCUT2D eigenvalue weighted by molar-refractivity contribution is 7.22. The van der Waals surface area contributed by atoms with Crippen LogP contribution in [0.1, 0.15) is 11.4 Å². The van der Waals surface area contributed by atoms with Gasteiger partial charge in [-0.05, 0) is 31.2 Å². The van der Waals surface area contributed by atoms with Crippen LogP contribution >= 0.6 is 11.3 Å². The highest BCUT2D eigenvalue weighted by Gasteiger charge is 2.07. The third-order valence-corrected chi connectivity index (χ3v) is 3.84. The van der Waals surface area contributed by atoms with Gasteiger partial charge in [0.15, 0.2) is 5.13 Å². The Hall–Kier alpha value is -2.47. The standard InChI is InChI=1S/C15H14N4OS/c1-10-5-4-6-11(17-10)9-16-14(20)19-15-18-12-7-2-3-8-13(12)21-15/h2-8H,9H2,1H3,(H2,16,18,19,20). The molecule has 6 heteroatoms. The first kappa shape index (κ1) is 13.5. The number of para-hydroxylation sites is 1. The van der Waals surface area contributed by atoms with Gasteiger partial charge in [0.05, 0.1) is 22.5 Å². The van der Waals surface area contributed by atoms with E-state index in [0.29, 0.717) is 11.7 Å². The molecule has 0 aliphatic carbocycles. The normalized spacial score (nSPS) is 10.5. The molecule has 3 rings (SSSR count). The lowest BCUT2D eigenvalue weighted by Gasteiger charge is -2.05. The maximum absolute atomic E-state index is 11.9. The number of pyridine rings is 1. The number of carbonyl (C=O) groups excluding carboxylic acids is 1. The lowest BCUT2D eigenvalue weighted by Crippen LogP contribution is -2.28. The maximum Gasteiger partial charge on any atom is 0.321 e. The highest BCUT2D eigenvalue weighted by atomic mass is 32.1. The van der Waals surface area contributed by atoms with E-state index in [2.05, 4.69) is 20.6 Å². The fourth-order valence-electron chi connectivity index (χ4n) is 1.94. The molecule has 0 fully saturated rings. The number of nitrogens with one attached hydrogen (secondary N) is 2. The number of amides is 2. The Balaban J connectivity index is 1.61. The van der Waals surface area contributed by atoms with Crippen molar-refractivity contribution in [2.45, 2.75) is 13.5 Å². The molecule has 0 aliphatic rings. The zero-order chi connectivity index (χ0) is 14.7. The Kier molecular flexibility index (Phi) is 3.79. The molecule has 0 radical (unpaired) electrons. The Bertz CT molecular complexity index is 751. The molecule has 5 nitrogen and oxygen atoms in total. The molecule has 0 unspecified atom stereocenters. The van der Waals surface area contributed by atoms with Crippen molar-refractivity contribution in [2.24, 2.45) is 0 Å². The van der Waals surface area contributed by atoms with Gasteiger partial charge in [0.25, 0.3) is 0 Å². The van der Waals surface area contributed by atoms with E-state index in [9.17, 15) is 4.79 Å². The number of thiazole rings is 1. The minimum absolute atomic E-state index is 0.280. The van der Waals surface area contributed by atoms with Crippen LogP contribution in [0.4, 0.5) is 9.93 Å². The van der Waals surface area contributed by atoms with Crippen molar-refractivity contribution in [3.63, 3.8) is 0 Å². The van der Waals surface area contributed by atoms with E-state index in [1.165, 1.54) is 11.3 Å². The molecule has 3 aromatic rings. The van der Waals surface area contributed by atoms with E-state index in [-0.39, 0.29) is 6.03 Å². The summed E-state index contributed by atoms with van der Waals surface area (Å²) in [5, 5.41) is 6.11. The van der Waals surface area contributed by atoms with E-state index in [1.54, 1.807) is 0 Å². The van der Waals surface area contributed by atoms with Crippen molar-refractivity contribution >= 4 is 32.7 Å². The molecule has 2 aromatic heterocycles. The van der Waals surface area contributed by atoms with Gasteiger partial charge >= 0.3 is 6.03 Å². The van der Waals surface area contributed by atoms with E-state index >= 15 is 0 Å². The summed E-state index contributed by atoms with van der Waals surface area (Å²) in [5.41, 5.74) is 2.65. The van der Waals surface area contributed by atoms with Gasteiger partial charge in [-0.3, -0.25) is 10.3 Å². The lowest BCUT2D eigenvalue weighted by molar-refractivity contribution is 0.251. The predicted molar refractivity (Wildman–Crippen MR) is 84.5 cm³/mol.